The lowest BCUT2D eigenvalue weighted by Crippen LogP contribution is -2.38. The van der Waals surface area contributed by atoms with E-state index in [0.717, 1.165) is 0 Å². The van der Waals surface area contributed by atoms with E-state index in [1.165, 1.54) is 0 Å². The van der Waals surface area contributed by atoms with Gasteiger partial charge in [-0.3, -0.25) is 4.79 Å². The van der Waals surface area contributed by atoms with Crippen LogP contribution in [0.3, 0.4) is 0 Å². The quantitative estimate of drug-likeness (QED) is 0.435. The molecule has 0 unspecified atom stereocenters. The van der Waals surface area contributed by atoms with E-state index in [-0.39, 0.29) is 22.6 Å². The van der Waals surface area contributed by atoms with E-state index in [0.29, 0.717) is 12.8 Å². The molecule has 0 aromatic rings. The Hall–Kier alpha value is -1.39. The van der Waals surface area contributed by atoms with Gasteiger partial charge < -0.3 is 10.4 Å². The smallest absolute Gasteiger partial charge is 0.187 e. The molecule has 72 valence electrons. The molecule has 5 nitrogen and oxygen atoms in total. The molecule has 1 fully saturated rings. The Morgan fingerprint density at radius 1 is 1.23 bits per heavy atom. The van der Waals surface area contributed by atoms with Crippen LogP contribution in [0.2, 0.25) is 0 Å². The molecule has 1 aliphatic carbocycles. The number of carbonyl (C=O) groups excluding carboxylic acids is 1. The van der Waals surface area contributed by atoms with Crippen LogP contribution in [0.25, 0.3) is 0 Å². The standard InChI is InChI=1S/C8H12N2O3/c1-8(2)3-5(9-12)7(10-13)6(11)4-8/h12-13H,3-4H2,1-2H3/b9-5+,10-7+. The van der Waals surface area contributed by atoms with Gasteiger partial charge in [0, 0.05) is 12.8 Å². The molecule has 0 atom stereocenters. The summed E-state index contributed by atoms with van der Waals surface area (Å²) in [6, 6.07) is 0. The summed E-state index contributed by atoms with van der Waals surface area (Å²) >= 11 is 0. The van der Waals surface area contributed by atoms with Gasteiger partial charge in [-0.15, -0.1) is 0 Å². The highest BCUT2D eigenvalue weighted by Crippen LogP contribution is 2.30. The van der Waals surface area contributed by atoms with Crippen molar-refractivity contribution >= 4 is 17.2 Å². The number of rotatable bonds is 0. The second-order valence-corrected chi connectivity index (χ2v) is 3.94. The van der Waals surface area contributed by atoms with Gasteiger partial charge in [0.2, 0.25) is 0 Å². The minimum Gasteiger partial charge on any atom is -0.411 e. The second kappa shape index (κ2) is 3.16. The first-order valence-corrected chi connectivity index (χ1v) is 3.97. The maximum atomic E-state index is 11.3. The van der Waals surface area contributed by atoms with Gasteiger partial charge in [-0.05, 0) is 5.41 Å². The first-order chi connectivity index (χ1) is 6.00. The average molecular weight is 184 g/mol. The molecule has 0 aromatic carbocycles. The third kappa shape index (κ3) is 1.85. The van der Waals surface area contributed by atoms with Gasteiger partial charge in [0.15, 0.2) is 11.5 Å². The van der Waals surface area contributed by atoms with Crippen molar-refractivity contribution < 1.29 is 15.2 Å². The van der Waals surface area contributed by atoms with E-state index < -0.39 is 0 Å². The van der Waals surface area contributed by atoms with Crippen molar-refractivity contribution in [3.05, 3.63) is 0 Å². The Labute approximate surface area is 75.7 Å². The van der Waals surface area contributed by atoms with Crippen molar-refractivity contribution in [3.8, 4) is 0 Å². The molecule has 0 bridgehead atoms. The van der Waals surface area contributed by atoms with E-state index in [2.05, 4.69) is 10.3 Å². The zero-order chi connectivity index (χ0) is 10.1. The summed E-state index contributed by atoms with van der Waals surface area (Å²) in [4.78, 5) is 11.3. The minimum absolute atomic E-state index is 0.123. The number of carbonyl (C=O) groups is 1. The molecule has 0 aliphatic heterocycles. The molecule has 1 aliphatic rings. The summed E-state index contributed by atoms with van der Waals surface area (Å²) in [6.07, 6.45) is 0.750. The maximum absolute atomic E-state index is 11.3. The number of oxime groups is 2. The number of Topliss-reactive ketones (excluding diaryl/α,β-unsaturated/α-hetero) is 1. The van der Waals surface area contributed by atoms with Gasteiger partial charge in [0.1, 0.15) is 5.71 Å². The van der Waals surface area contributed by atoms with Crippen LogP contribution in [0.15, 0.2) is 10.3 Å². The van der Waals surface area contributed by atoms with Crippen LogP contribution in [0, 0.1) is 5.41 Å². The summed E-state index contributed by atoms with van der Waals surface area (Å²) in [6.45, 7) is 3.79. The zero-order valence-corrected chi connectivity index (χ0v) is 7.61. The van der Waals surface area contributed by atoms with E-state index in [9.17, 15) is 4.79 Å². The molecule has 13 heavy (non-hydrogen) atoms. The monoisotopic (exact) mass is 184 g/mol. The second-order valence-electron chi connectivity index (χ2n) is 3.94. The molecular weight excluding hydrogens is 172 g/mol. The average Bonchev–Trinajstić information content (AvgIpc) is 2.01. The number of hydrogen-bond donors (Lipinski definition) is 2. The predicted octanol–water partition coefficient (Wildman–Crippen LogP) is 1.04. The summed E-state index contributed by atoms with van der Waals surface area (Å²) in [5.41, 5.74) is -0.196. The van der Waals surface area contributed by atoms with Gasteiger partial charge in [-0.2, -0.15) is 0 Å². The van der Waals surface area contributed by atoms with E-state index in [4.69, 9.17) is 10.4 Å². The minimum atomic E-state index is -0.286. The molecular formula is C8H12N2O3. The molecule has 0 spiro atoms. The molecule has 0 radical (unpaired) electrons. The largest absolute Gasteiger partial charge is 0.411 e. The number of nitrogens with zero attached hydrogens (tertiary/aromatic N) is 2. The lowest BCUT2D eigenvalue weighted by Gasteiger charge is -2.28. The van der Waals surface area contributed by atoms with Gasteiger partial charge in [-0.25, -0.2) is 0 Å². The highest BCUT2D eigenvalue weighted by Gasteiger charge is 2.36. The lowest BCUT2D eigenvalue weighted by atomic mass is 9.75. The SMILES string of the molecule is CC1(C)CC(=O)C(=N/O)/C(=N/O)C1. The highest BCUT2D eigenvalue weighted by atomic mass is 16.4. The molecule has 2 N–H and O–H groups in total. The fourth-order valence-electron chi connectivity index (χ4n) is 1.48. The van der Waals surface area contributed by atoms with Crippen molar-refractivity contribution in [2.24, 2.45) is 15.7 Å². The lowest BCUT2D eigenvalue weighted by molar-refractivity contribution is -0.114. The van der Waals surface area contributed by atoms with Crippen LogP contribution < -0.4 is 0 Å². The molecule has 0 heterocycles. The van der Waals surface area contributed by atoms with Crippen molar-refractivity contribution in [3.63, 3.8) is 0 Å². The summed E-state index contributed by atoms with van der Waals surface area (Å²) < 4.78 is 0. The van der Waals surface area contributed by atoms with Crippen LogP contribution in [-0.2, 0) is 4.79 Å². The van der Waals surface area contributed by atoms with Crippen LogP contribution in [0.1, 0.15) is 26.7 Å². The topological polar surface area (TPSA) is 82.2 Å². The number of ketones is 1. The van der Waals surface area contributed by atoms with Crippen molar-refractivity contribution in [2.45, 2.75) is 26.7 Å². The Balaban J connectivity index is 3.02. The predicted molar refractivity (Wildman–Crippen MR) is 46.5 cm³/mol. The van der Waals surface area contributed by atoms with Gasteiger partial charge in [0.05, 0.1) is 0 Å². The first kappa shape index (κ1) is 9.70. The molecule has 0 saturated heterocycles. The Kier molecular flexibility index (Phi) is 2.36. The van der Waals surface area contributed by atoms with Gasteiger partial charge >= 0.3 is 0 Å². The molecule has 5 heteroatoms. The summed E-state index contributed by atoms with van der Waals surface area (Å²) in [7, 11) is 0. The van der Waals surface area contributed by atoms with Crippen LogP contribution in [0.4, 0.5) is 0 Å². The van der Waals surface area contributed by atoms with Gasteiger partial charge in [-0.1, -0.05) is 24.2 Å². The fourth-order valence-corrected chi connectivity index (χ4v) is 1.48. The zero-order valence-electron chi connectivity index (χ0n) is 7.61. The van der Waals surface area contributed by atoms with Crippen LogP contribution in [0.5, 0.6) is 0 Å². The molecule has 0 aromatic heterocycles. The summed E-state index contributed by atoms with van der Waals surface area (Å²) in [5, 5.41) is 22.9. The van der Waals surface area contributed by atoms with Crippen molar-refractivity contribution in [1.29, 1.82) is 0 Å². The maximum Gasteiger partial charge on any atom is 0.187 e. The third-order valence-electron chi connectivity index (χ3n) is 2.04. The number of hydrogen-bond acceptors (Lipinski definition) is 5. The normalized spacial score (nSPS) is 28.3. The first-order valence-electron chi connectivity index (χ1n) is 3.97. The Bertz CT molecular complexity index is 292. The van der Waals surface area contributed by atoms with E-state index >= 15 is 0 Å². The molecule has 0 amide bonds. The third-order valence-corrected chi connectivity index (χ3v) is 2.04. The van der Waals surface area contributed by atoms with Crippen LogP contribution >= 0.6 is 0 Å². The van der Waals surface area contributed by atoms with E-state index in [1.807, 2.05) is 13.8 Å². The Morgan fingerprint density at radius 3 is 2.31 bits per heavy atom. The van der Waals surface area contributed by atoms with Crippen molar-refractivity contribution in [1.82, 2.24) is 0 Å². The van der Waals surface area contributed by atoms with Crippen LogP contribution in [-0.4, -0.2) is 27.6 Å². The fraction of sp³-hybridized carbons (Fsp3) is 0.625. The summed E-state index contributed by atoms with van der Waals surface area (Å²) in [5.74, 6) is -0.286. The van der Waals surface area contributed by atoms with E-state index in [1.54, 1.807) is 0 Å². The molecule has 1 saturated carbocycles. The Morgan fingerprint density at radius 2 is 1.85 bits per heavy atom. The highest BCUT2D eigenvalue weighted by molar-refractivity contribution is 6.68. The van der Waals surface area contributed by atoms with Gasteiger partial charge in [0.25, 0.3) is 0 Å². The molecule has 1 rings (SSSR count). The van der Waals surface area contributed by atoms with Crippen molar-refractivity contribution in [2.75, 3.05) is 0 Å².